The van der Waals surface area contributed by atoms with Gasteiger partial charge in [0, 0.05) is 16.8 Å². The van der Waals surface area contributed by atoms with Crippen molar-refractivity contribution >= 4 is 23.5 Å². The summed E-state index contributed by atoms with van der Waals surface area (Å²) in [6, 6.07) is 0. The Morgan fingerprint density at radius 2 is 1.57 bits per heavy atom. The first-order valence-electron chi connectivity index (χ1n) is 9.61. The lowest BCUT2D eigenvalue weighted by Gasteiger charge is -2.16. The van der Waals surface area contributed by atoms with E-state index in [1.165, 1.54) is 38.5 Å². The van der Waals surface area contributed by atoms with Gasteiger partial charge in [-0.15, -0.1) is 0 Å². The summed E-state index contributed by atoms with van der Waals surface area (Å²) in [5.41, 5.74) is 0. The molecular formula is C19H39FOS2. The molecule has 0 aromatic rings. The third kappa shape index (κ3) is 17.2. The van der Waals surface area contributed by atoms with Gasteiger partial charge in [0.1, 0.15) is 6.17 Å². The normalized spacial score (nSPS) is 15.5. The zero-order chi connectivity index (χ0) is 17.3. The monoisotopic (exact) mass is 366 g/mol. The van der Waals surface area contributed by atoms with E-state index in [2.05, 4.69) is 20.8 Å². The lowest BCUT2D eigenvalue weighted by atomic mass is 10.1. The average Bonchev–Trinajstić information content (AvgIpc) is 2.53. The molecule has 0 aliphatic heterocycles. The Hall–Kier alpha value is 0.590. The van der Waals surface area contributed by atoms with E-state index in [-0.39, 0.29) is 6.10 Å². The van der Waals surface area contributed by atoms with Gasteiger partial charge in [-0.25, -0.2) is 4.39 Å². The van der Waals surface area contributed by atoms with Crippen molar-refractivity contribution in [3.05, 3.63) is 0 Å². The highest BCUT2D eigenvalue weighted by molar-refractivity contribution is 8.00. The van der Waals surface area contributed by atoms with E-state index in [9.17, 15) is 9.50 Å². The molecule has 0 aromatic carbocycles. The van der Waals surface area contributed by atoms with Gasteiger partial charge in [-0.2, -0.15) is 23.5 Å². The number of unbranched alkanes of at least 4 members (excludes halogenated alkanes) is 6. The van der Waals surface area contributed by atoms with E-state index in [0.717, 1.165) is 30.1 Å². The van der Waals surface area contributed by atoms with Crippen molar-refractivity contribution in [3.8, 4) is 0 Å². The van der Waals surface area contributed by atoms with Crippen molar-refractivity contribution < 1.29 is 9.50 Å². The molecule has 0 bridgehead atoms. The molecule has 3 unspecified atom stereocenters. The summed E-state index contributed by atoms with van der Waals surface area (Å²) >= 11 is 3.58. The highest BCUT2D eigenvalue weighted by atomic mass is 32.2. The molecule has 0 saturated carbocycles. The minimum absolute atomic E-state index is 0.249. The maximum absolute atomic E-state index is 13.7. The van der Waals surface area contributed by atoms with Gasteiger partial charge in [0.25, 0.3) is 0 Å². The van der Waals surface area contributed by atoms with Gasteiger partial charge in [0.05, 0.1) is 6.10 Å². The highest BCUT2D eigenvalue weighted by Crippen LogP contribution is 2.22. The second-order valence-electron chi connectivity index (χ2n) is 6.62. The van der Waals surface area contributed by atoms with Crippen molar-refractivity contribution in [1.82, 2.24) is 0 Å². The number of thioether (sulfide) groups is 2. The van der Waals surface area contributed by atoms with Crippen molar-refractivity contribution in [2.45, 2.75) is 103 Å². The van der Waals surface area contributed by atoms with E-state index in [1.807, 2.05) is 11.8 Å². The lowest BCUT2D eigenvalue weighted by Crippen LogP contribution is -2.17. The minimum Gasteiger partial charge on any atom is -0.391 e. The predicted molar refractivity (Wildman–Crippen MR) is 108 cm³/mol. The van der Waals surface area contributed by atoms with Gasteiger partial charge >= 0.3 is 0 Å². The number of aliphatic hydroxyl groups is 1. The van der Waals surface area contributed by atoms with Crippen LogP contribution in [0.15, 0.2) is 0 Å². The van der Waals surface area contributed by atoms with Gasteiger partial charge in [-0.1, -0.05) is 65.7 Å². The summed E-state index contributed by atoms with van der Waals surface area (Å²) in [6.45, 7) is 6.43. The molecule has 0 aliphatic rings. The maximum atomic E-state index is 13.7. The zero-order valence-corrected chi connectivity index (χ0v) is 17.2. The average molecular weight is 367 g/mol. The minimum atomic E-state index is -0.670. The fourth-order valence-electron chi connectivity index (χ4n) is 2.50. The molecule has 0 radical (unpaired) electrons. The maximum Gasteiger partial charge on any atom is 0.101 e. The van der Waals surface area contributed by atoms with Gasteiger partial charge in [-0.05, 0) is 25.0 Å². The third-order valence-corrected chi connectivity index (χ3v) is 6.52. The van der Waals surface area contributed by atoms with Crippen LogP contribution in [0.3, 0.4) is 0 Å². The Morgan fingerprint density at radius 3 is 2.26 bits per heavy atom. The summed E-state index contributed by atoms with van der Waals surface area (Å²) in [5, 5.41) is 10.3. The van der Waals surface area contributed by atoms with Crippen LogP contribution in [-0.2, 0) is 0 Å². The molecule has 1 N–H and O–H groups in total. The molecular weight excluding hydrogens is 327 g/mol. The van der Waals surface area contributed by atoms with Crippen LogP contribution < -0.4 is 0 Å². The van der Waals surface area contributed by atoms with Gasteiger partial charge in [0.2, 0.25) is 0 Å². The van der Waals surface area contributed by atoms with Crippen LogP contribution in [-0.4, -0.2) is 39.9 Å². The molecule has 1 nitrogen and oxygen atoms in total. The van der Waals surface area contributed by atoms with Crippen molar-refractivity contribution in [2.24, 2.45) is 0 Å². The number of halogens is 1. The van der Waals surface area contributed by atoms with Gasteiger partial charge in [0.15, 0.2) is 0 Å². The fraction of sp³-hybridized carbons (Fsp3) is 1.00. The van der Waals surface area contributed by atoms with Crippen LogP contribution in [0.2, 0.25) is 0 Å². The summed E-state index contributed by atoms with van der Waals surface area (Å²) in [6.07, 6.45) is 10.4. The molecule has 23 heavy (non-hydrogen) atoms. The Kier molecular flexibility index (Phi) is 17.9. The molecule has 0 aromatic heterocycles. The van der Waals surface area contributed by atoms with Crippen LogP contribution in [0.5, 0.6) is 0 Å². The molecule has 3 atom stereocenters. The predicted octanol–water partition coefficient (Wildman–Crippen LogP) is 6.48. The lowest BCUT2D eigenvalue weighted by molar-refractivity contribution is 0.224. The second kappa shape index (κ2) is 17.4. The summed E-state index contributed by atoms with van der Waals surface area (Å²) in [7, 11) is 0. The molecule has 0 spiro atoms. The van der Waals surface area contributed by atoms with E-state index in [4.69, 9.17) is 0 Å². The van der Waals surface area contributed by atoms with Crippen LogP contribution >= 0.6 is 23.5 Å². The quantitative estimate of drug-likeness (QED) is 0.297. The third-order valence-electron chi connectivity index (χ3n) is 3.98. The number of alkyl halides is 1. The Bertz CT molecular complexity index is 241. The highest BCUT2D eigenvalue weighted by Gasteiger charge is 2.14. The first-order valence-corrected chi connectivity index (χ1v) is 11.8. The van der Waals surface area contributed by atoms with E-state index in [0.29, 0.717) is 18.1 Å². The summed E-state index contributed by atoms with van der Waals surface area (Å²) < 4.78 is 13.7. The molecule has 4 heteroatoms. The number of hydrogen-bond donors (Lipinski definition) is 1. The van der Waals surface area contributed by atoms with Crippen LogP contribution in [0, 0.1) is 0 Å². The number of rotatable bonds is 17. The Labute approximate surface area is 153 Å². The van der Waals surface area contributed by atoms with E-state index in [1.54, 1.807) is 11.8 Å². The second-order valence-corrected chi connectivity index (χ2v) is 9.24. The largest absolute Gasteiger partial charge is 0.391 e. The van der Waals surface area contributed by atoms with Gasteiger partial charge in [-0.3, -0.25) is 0 Å². The standard InChI is InChI=1S/C19H39FOS2/c1-4-6-8-9-10-11-13-22-15-19(21)16-23-17(3)14-18(20)12-7-5-2/h17-19,21H,4-16H2,1-3H3. The Balaban J connectivity index is 3.43. The molecule has 0 aliphatic carbocycles. The fourth-order valence-corrected chi connectivity index (χ4v) is 4.63. The topological polar surface area (TPSA) is 20.2 Å². The molecule has 0 saturated heterocycles. The zero-order valence-electron chi connectivity index (χ0n) is 15.6. The number of aliphatic hydroxyl groups excluding tert-OH is 1. The summed E-state index contributed by atoms with van der Waals surface area (Å²) in [5.74, 6) is 2.72. The van der Waals surface area contributed by atoms with Crippen molar-refractivity contribution in [2.75, 3.05) is 17.3 Å². The van der Waals surface area contributed by atoms with E-state index >= 15 is 0 Å². The smallest absolute Gasteiger partial charge is 0.101 e. The molecule has 0 rings (SSSR count). The molecule has 0 amide bonds. The molecule has 140 valence electrons. The Morgan fingerprint density at radius 1 is 0.913 bits per heavy atom. The van der Waals surface area contributed by atoms with Crippen LogP contribution in [0.1, 0.15) is 85.0 Å². The van der Waals surface area contributed by atoms with Crippen LogP contribution in [0.25, 0.3) is 0 Å². The van der Waals surface area contributed by atoms with Crippen LogP contribution in [0.4, 0.5) is 4.39 Å². The van der Waals surface area contributed by atoms with Crippen molar-refractivity contribution in [3.63, 3.8) is 0 Å². The first kappa shape index (κ1) is 23.6. The summed E-state index contributed by atoms with van der Waals surface area (Å²) in [4.78, 5) is 0. The first-order chi connectivity index (χ1) is 11.1. The number of hydrogen-bond acceptors (Lipinski definition) is 3. The molecule has 0 heterocycles. The SMILES string of the molecule is CCCCCCCCSCC(O)CSC(C)CC(F)CCCC. The van der Waals surface area contributed by atoms with Gasteiger partial charge < -0.3 is 5.11 Å². The van der Waals surface area contributed by atoms with E-state index < -0.39 is 6.17 Å². The molecule has 0 fully saturated rings. The van der Waals surface area contributed by atoms with Crippen molar-refractivity contribution in [1.29, 1.82) is 0 Å².